The summed E-state index contributed by atoms with van der Waals surface area (Å²) in [5, 5.41) is 0. The van der Waals surface area contributed by atoms with Crippen molar-refractivity contribution in [3.8, 4) is 17.1 Å². The molecule has 4 rings (SSSR count). The van der Waals surface area contributed by atoms with Gasteiger partial charge in [0.2, 0.25) is 0 Å². The molecule has 4 aromatic rings. The van der Waals surface area contributed by atoms with Crippen LogP contribution in [0.5, 0.6) is 0 Å². The van der Waals surface area contributed by atoms with Gasteiger partial charge in [0, 0.05) is 24.7 Å². The van der Waals surface area contributed by atoms with Crippen LogP contribution >= 0.6 is 47.8 Å². The van der Waals surface area contributed by atoms with E-state index in [-0.39, 0.29) is 0 Å². The Kier molecular flexibility index (Phi) is 4.33. The lowest BCUT2D eigenvalue weighted by Crippen LogP contribution is -1.98. The van der Waals surface area contributed by atoms with Crippen LogP contribution in [0.1, 0.15) is 0 Å². The Morgan fingerprint density at radius 3 is 2.17 bits per heavy atom. The molecule has 0 aliphatic heterocycles. The van der Waals surface area contributed by atoms with E-state index < -0.39 is 0 Å². The fourth-order valence-corrected chi connectivity index (χ4v) is 4.51. The highest BCUT2D eigenvalue weighted by atomic mass is 79.9. The van der Waals surface area contributed by atoms with Gasteiger partial charge in [0.1, 0.15) is 5.82 Å². The van der Waals surface area contributed by atoms with Crippen LogP contribution in [-0.2, 0) is 0 Å². The molecule has 0 amide bonds. The highest BCUT2D eigenvalue weighted by Gasteiger charge is 2.16. The molecule has 0 N–H and O–H groups in total. The van der Waals surface area contributed by atoms with Crippen LogP contribution in [0.2, 0.25) is 0 Å². The van der Waals surface area contributed by atoms with Gasteiger partial charge in [-0.2, -0.15) is 0 Å². The topological polar surface area (TPSA) is 17.8 Å². The molecule has 3 aromatic carbocycles. The zero-order valence-corrected chi connectivity index (χ0v) is 17.1. The molecule has 0 atom stereocenters. The Balaban J connectivity index is 2.10. The number of rotatable bonds is 2. The van der Waals surface area contributed by atoms with E-state index in [9.17, 15) is 0 Å². The predicted molar refractivity (Wildman–Crippen MR) is 110 cm³/mol. The van der Waals surface area contributed by atoms with Crippen molar-refractivity contribution >= 4 is 58.8 Å². The van der Waals surface area contributed by atoms with Gasteiger partial charge < -0.3 is 0 Å². The van der Waals surface area contributed by atoms with Crippen LogP contribution < -0.4 is 0 Å². The molecule has 0 aliphatic carbocycles. The van der Waals surface area contributed by atoms with Gasteiger partial charge in [-0.05, 0) is 36.4 Å². The van der Waals surface area contributed by atoms with Crippen LogP contribution in [0.3, 0.4) is 0 Å². The molecule has 0 unspecified atom stereocenters. The van der Waals surface area contributed by atoms with Crippen LogP contribution in [-0.4, -0.2) is 9.55 Å². The SMILES string of the molecule is Brc1cc(Br)cc(-n2c(-c3ccccc3Br)nc3ccccc32)c1. The summed E-state index contributed by atoms with van der Waals surface area (Å²) in [4.78, 5) is 4.88. The second-order valence-electron chi connectivity index (χ2n) is 5.37. The van der Waals surface area contributed by atoms with Gasteiger partial charge in [-0.3, -0.25) is 4.57 Å². The third-order valence-electron chi connectivity index (χ3n) is 3.78. The first-order valence-corrected chi connectivity index (χ1v) is 9.70. The van der Waals surface area contributed by atoms with Crippen molar-refractivity contribution in [3.05, 3.63) is 80.1 Å². The Bertz CT molecular complexity index is 1030. The third kappa shape index (κ3) is 2.85. The maximum Gasteiger partial charge on any atom is 0.146 e. The molecule has 24 heavy (non-hydrogen) atoms. The lowest BCUT2D eigenvalue weighted by Gasteiger charge is -2.12. The molecule has 0 spiro atoms. The highest BCUT2D eigenvalue weighted by molar-refractivity contribution is 9.11. The molecular weight excluding hydrogens is 496 g/mol. The average Bonchev–Trinajstić information content (AvgIpc) is 2.93. The van der Waals surface area contributed by atoms with E-state index in [4.69, 9.17) is 4.98 Å². The lowest BCUT2D eigenvalue weighted by molar-refractivity contribution is 1.10. The van der Waals surface area contributed by atoms with Gasteiger partial charge in [0.05, 0.1) is 11.0 Å². The lowest BCUT2D eigenvalue weighted by atomic mass is 10.2. The molecule has 1 aromatic heterocycles. The van der Waals surface area contributed by atoms with E-state index >= 15 is 0 Å². The molecule has 1 heterocycles. The van der Waals surface area contributed by atoms with Crippen molar-refractivity contribution in [3.63, 3.8) is 0 Å². The maximum atomic E-state index is 4.88. The predicted octanol–water partition coefficient (Wildman–Crippen LogP) is 6.98. The standard InChI is InChI=1S/C19H11Br3N2/c20-12-9-13(21)11-14(10-12)24-18-8-4-3-7-17(18)23-19(24)15-5-1-2-6-16(15)22/h1-11H. The Morgan fingerprint density at radius 2 is 1.42 bits per heavy atom. The second-order valence-corrected chi connectivity index (χ2v) is 8.05. The number of halogens is 3. The van der Waals surface area contributed by atoms with Crippen molar-refractivity contribution in [2.24, 2.45) is 0 Å². The highest BCUT2D eigenvalue weighted by Crippen LogP contribution is 2.34. The number of para-hydroxylation sites is 2. The molecule has 0 saturated carbocycles. The zero-order valence-electron chi connectivity index (χ0n) is 12.4. The first-order valence-electron chi connectivity index (χ1n) is 7.32. The monoisotopic (exact) mass is 504 g/mol. The van der Waals surface area contributed by atoms with E-state index in [0.717, 1.165) is 41.5 Å². The second kappa shape index (κ2) is 6.47. The molecule has 0 radical (unpaired) electrons. The van der Waals surface area contributed by atoms with Crippen molar-refractivity contribution in [2.75, 3.05) is 0 Å². The van der Waals surface area contributed by atoms with Crippen LogP contribution in [0.15, 0.2) is 80.1 Å². The van der Waals surface area contributed by atoms with Crippen LogP contribution in [0, 0.1) is 0 Å². The van der Waals surface area contributed by atoms with Gasteiger partial charge in [-0.25, -0.2) is 4.98 Å². The molecule has 0 aliphatic rings. The zero-order chi connectivity index (χ0) is 16.7. The van der Waals surface area contributed by atoms with Crippen molar-refractivity contribution in [1.29, 1.82) is 0 Å². The molecule has 0 saturated heterocycles. The van der Waals surface area contributed by atoms with Gasteiger partial charge in [-0.15, -0.1) is 0 Å². The van der Waals surface area contributed by atoms with Gasteiger partial charge in [-0.1, -0.05) is 78.1 Å². The summed E-state index contributed by atoms with van der Waals surface area (Å²) >= 11 is 10.8. The summed E-state index contributed by atoms with van der Waals surface area (Å²) < 4.78 is 5.24. The van der Waals surface area contributed by atoms with E-state index in [1.54, 1.807) is 0 Å². The summed E-state index contributed by atoms with van der Waals surface area (Å²) in [7, 11) is 0. The molecular formula is C19H11Br3N2. The van der Waals surface area contributed by atoms with E-state index in [0.29, 0.717) is 0 Å². The fraction of sp³-hybridized carbons (Fsp3) is 0. The van der Waals surface area contributed by atoms with E-state index in [2.05, 4.69) is 76.6 Å². The first kappa shape index (κ1) is 16.1. The van der Waals surface area contributed by atoms with Gasteiger partial charge in [0.15, 0.2) is 0 Å². The molecule has 0 bridgehead atoms. The first-order chi connectivity index (χ1) is 11.6. The number of aromatic nitrogens is 2. The number of hydrogen-bond acceptors (Lipinski definition) is 1. The summed E-state index contributed by atoms with van der Waals surface area (Å²) in [5.74, 6) is 0.911. The fourth-order valence-electron chi connectivity index (χ4n) is 2.78. The number of hydrogen-bond donors (Lipinski definition) is 0. The number of fused-ring (bicyclic) bond motifs is 1. The molecule has 2 nitrogen and oxygen atoms in total. The number of imidazole rings is 1. The van der Waals surface area contributed by atoms with Crippen molar-refractivity contribution in [2.45, 2.75) is 0 Å². The Hall–Kier alpha value is -1.43. The molecule has 5 heteroatoms. The minimum absolute atomic E-state index is 0.911. The smallest absolute Gasteiger partial charge is 0.146 e. The number of benzene rings is 3. The Morgan fingerprint density at radius 1 is 0.750 bits per heavy atom. The van der Waals surface area contributed by atoms with Crippen molar-refractivity contribution in [1.82, 2.24) is 9.55 Å². The molecule has 0 fully saturated rings. The van der Waals surface area contributed by atoms with Crippen molar-refractivity contribution < 1.29 is 0 Å². The van der Waals surface area contributed by atoms with E-state index in [1.807, 2.05) is 42.5 Å². The number of nitrogens with zero attached hydrogens (tertiary/aromatic N) is 2. The van der Waals surface area contributed by atoms with Gasteiger partial charge >= 0.3 is 0 Å². The largest absolute Gasteiger partial charge is 0.292 e. The minimum atomic E-state index is 0.911. The average molecular weight is 507 g/mol. The van der Waals surface area contributed by atoms with Gasteiger partial charge in [0.25, 0.3) is 0 Å². The normalized spacial score (nSPS) is 11.1. The van der Waals surface area contributed by atoms with Crippen LogP contribution in [0.25, 0.3) is 28.1 Å². The Labute approximate surface area is 164 Å². The third-order valence-corrected chi connectivity index (χ3v) is 5.39. The quantitative estimate of drug-likeness (QED) is 0.287. The minimum Gasteiger partial charge on any atom is -0.292 e. The summed E-state index contributed by atoms with van der Waals surface area (Å²) in [6, 6.07) is 22.6. The molecule has 118 valence electrons. The van der Waals surface area contributed by atoms with Crippen LogP contribution in [0.4, 0.5) is 0 Å². The maximum absolute atomic E-state index is 4.88. The summed E-state index contributed by atoms with van der Waals surface area (Å²) in [6.07, 6.45) is 0. The summed E-state index contributed by atoms with van der Waals surface area (Å²) in [5.41, 5.74) is 4.16. The summed E-state index contributed by atoms with van der Waals surface area (Å²) in [6.45, 7) is 0. The van der Waals surface area contributed by atoms with E-state index in [1.165, 1.54) is 0 Å².